The Morgan fingerprint density at radius 2 is 1.77 bits per heavy atom. The minimum absolute atomic E-state index is 0.0853. The van der Waals surface area contributed by atoms with Gasteiger partial charge in [0.1, 0.15) is 23.3 Å². The van der Waals surface area contributed by atoms with Crippen molar-refractivity contribution in [2.24, 2.45) is 17.8 Å². The lowest BCUT2D eigenvalue weighted by Gasteiger charge is -2.30. The van der Waals surface area contributed by atoms with Crippen LogP contribution in [0.15, 0.2) is 77.4 Å². The molecule has 1 unspecified atom stereocenters. The third kappa shape index (κ3) is 9.46. The summed E-state index contributed by atoms with van der Waals surface area (Å²) in [6.45, 7) is 7.45. The van der Waals surface area contributed by atoms with Gasteiger partial charge in [-0.15, -0.1) is 0 Å². The number of amides is 3. The molecular formula is C35H45N3O5. The molecule has 2 aromatic carbocycles. The van der Waals surface area contributed by atoms with Crippen LogP contribution in [-0.2, 0) is 27.5 Å². The number of para-hydroxylation sites is 1. The normalized spacial score (nSPS) is 16.8. The molecule has 230 valence electrons. The summed E-state index contributed by atoms with van der Waals surface area (Å²) >= 11 is 0. The van der Waals surface area contributed by atoms with E-state index in [4.69, 9.17) is 9.15 Å². The van der Waals surface area contributed by atoms with E-state index in [0.717, 1.165) is 30.6 Å². The van der Waals surface area contributed by atoms with Gasteiger partial charge in [0.15, 0.2) is 0 Å². The van der Waals surface area contributed by atoms with Crippen LogP contribution >= 0.6 is 0 Å². The first-order valence-electron chi connectivity index (χ1n) is 15.5. The molecule has 1 saturated heterocycles. The summed E-state index contributed by atoms with van der Waals surface area (Å²) in [5, 5.41) is 6.04. The van der Waals surface area contributed by atoms with Crippen LogP contribution in [-0.4, -0.2) is 35.2 Å². The molecule has 1 aromatic heterocycles. The number of carbonyl (C=O) groups is 3. The lowest BCUT2D eigenvalue weighted by molar-refractivity contribution is -0.140. The lowest BCUT2D eigenvalue weighted by atomic mass is 9.81. The van der Waals surface area contributed by atoms with Gasteiger partial charge in [0, 0.05) is 24.9 Å². The van der Waals surface area contributed by atoms with Gasteiger partial charge < -0.3 is 24.7 Å². The second-order valence-electron chi connectivity index (χ2n) is 11.8. The van der Waals surface area contributed by atoms with Gasteiger partial charge in [0.25, 0.3) is 0 Å². The van der Waals surface area contributed by atoms with Gasteiger partial charge in [-0.25, -0.2) is 0 Å². The van der Waals surface area contributed by atoms with Gasteiger partial charge in [-0.1, -0.05) is 57.5 Å². The van der Waals surface area contributed by atoms with Crippen LogP contribution in [0.4, 0.5) is 0 Å². The molecule has 8 nitrogen and oxygen atoms in total. The standard InChI is InChI=1S/C35H45N3O5/c1-4-12-30(33(39)36-23-29-17-11-20-42-29)31(21-25(2)3)34(40)37-32-18-8-9-19-38(35(32)41)24-26-13-10-16-28(22-26)43-27-14-6-5-7-15-27/h5-7,10-11,13-17,20,22,25,30-32H,4,8-9,12,18-19,21,23-24H2,1-3H3,(H,36,39)(H,37,40)/t30-,31?,32-/m0/s1. The van der Waals surface area contributed by atoms with E-state index >= 15 is 0 Å². The topological polar surface area (TPSA) is 101 Å². The number of furan rings is 1. The summed E-state index contributed by atoms with van der Waals surface area (Å²) < 4.78 is 11.4. The highest BCUT2D eigenvalue weighted by atomic mass is 16.5. The molecule has 3 amide bonds. The van der Waals surface area contributed by atoms with Crippen LogP contribution in [0.2, 0.25) is 0 Å². The van der Waals surface area contributed by atoms with Crippen molar-refractivity contribution < 1.29 is 23.5 Å². The molecule has 0 aliphatic carbocycles. The zero-order chi connectivity index (χ0) is 30.6. The number of likely N-dealkylation sites (tertiary alicyclic amines) is 1. The van der Waals surface area contributed by atoms with Gasteiger partial charge in [-0.3, -0.25) is 14.4 Å². The molecule has 43 heavy (non-hydrogen) atoms. The number of rotatable bonds is 14. The van der Waals surface area contributed by atoms with E-state index in [1.807, 2.05) is 72.5 Å². The Morgan fingerprint density at radius 3 is 2.49 bits per heavy atom. The summed E-state index contributed by atoms with van der Waals surface area (Å²) in [5.74, 6) is 0.830. The van der Waals surface area contributed by atoms with E-state index in [1.54, 1.807) is 12.3 Å². The average Bonchev–Trinajstić information content (AvgIpc) is 3.46. The van der Waals surface area contributed by atoms with Crippen LogP contribution in [0, 0.1) is 17.8 Å². The van der Waals surface area contributed by atoms with E-state index in [-0.39, 0.29) is 30.2 Å². The molecule has 2 N–H and O–H groups in total. The predicted molar refractivity (Wildman–Crippen MR) is 166 cm³/mol. The van der Waals surface area contributed by atoms with E-state index in [1.165, 1.54) is 0 Å². The minimum atomic E-state index is -0.623. The molecule has 3 atom stereocenters. The lowest BCUT2D eigenvalue weighted by Crippen LogP contribution is -2.51. The van der Waals surface area contributed by atoms with Crippen molar-refractivity contribution in [3.05, 3.63) is 84.3 Å². The predicted octanol–water partition coefficient (Wildman–Crippen LogP) is 6.46. The second-order valence-corrected chi connectivity index (χ2v) is 11.8. The fourth-order valence-corrected chi connectivity index (χ4v) is 5.73. The van der Waals surface area contributed by atoms with Crippen molar-refractivity contribution in [1.82, 2.24) is 15.5 Å². The number of ether oxygens (including phenoxy) is 1. The number of nitrogens with one attached hydrogen (secondary N) is 2. The molecule has 1 aliphatic rings. The summed E-state index contributed by atoms with van der Waals surface area (Å²) in [4.78, 5) is 42.8. The Kier molecular flexibility index (Phi) is 11.8. The largest absolute Gasteiger partial charge is 0.467 e. The maximum atomic E-state index is 13.8. The van der Waals surface area contributed by atoms with Crippen molar-refractivity contribution in [1.29, 1.82) is 0 Å². The van der Waals surface area contributed by atoms with Crippen molar-refractivity contribution >= 4 is 17.7 Å². The van der Waals surface area contributed by atoms with Crippen LogP contribution < -0.4 is 15.4 Å². The number of carbonyl (C=O) groups excluding carboxylic acids is 3. The monoisotopic (exact) mass is 587 g/mol. The molecule has 1 aliphatic heterocycles. The quantitative estimate of drug-likeness (QED) is 0.225. The minimum Gasteiger partial charge on any atom is -0.467 e. The first-order chi connectivity index (χ1) is 20.8. The second kappa shape index (κ2) is 16.0. The van der Waals surface area contributed by atoms with E-state index in [9.17, 15) is 14.4 Å². The van der Waals surface area contributed by atoms with Gasteiger partial charge >= 0.3 is 0 Å². The zero-order valence-corrected chi connectivity index (χ0v) is 25.6. The highest BCUT2D eigenvalue weighted by molar-refractivity contribution is 5.91. The van der Waals surface area contributed by atoms with Crippen LogP contribution in [0.1, 0.15) is 70.6 Å². The zero-order valence-electron chi connectivity index (χ0n) is 25.6. The molecule has 0 bridgehead atoms. The molecule has 2 heterocycles. The van der Waals surface area contributed by atoms with E-state index < -0.39 is 17.9 Å². The Labute approximate surface area is 255 Å². The molecule has 4 rings (SSSR count). The Balaban J connectivity index is 1.44. The number of hydrogen-bond donors (Lipinski definition) is 2. The van der Waals surface area contributed by atoms with Crippen molar-refractivity contribution in [3.8, 4) is 11.5 Å². The van der Waals surface area contributed by atoms with Crippen LogP contribution in [0.3, 0.4) is 0 Å². The maximum Gasteiger partial charge on any atom is 0.245 e. The summed E-state index contributed by atoms with van der Waals surface area (Å²) in [5.41, 5.74) is 0.961. The summed E-state index contributed by atoms with van der Waals surface area (Å²) in [6.07, 6.45) is 5.76. The highest BCUT2D eigenvalue weighted by Gasteiger charge is 2.36. The number of benzene rings is 2. The molecule has 8 heteroatoms. The Bertz CT molecular complexity index is 1310. The van der Waals surface area contributed by atoms with Gasteiger partial charge in [-0.05, 0) is 80.0 Å². The van der Waals surface area contributed by atoms with E-state index in [2.05, 4.69) is 24.5 Å². The van der Waals surface area contributed by atoms with Crippen molar-refractivity contribution in [3.63, 3.8) is 0 Å². The number of hydrogen-bond acceptors (Lipinski definition) is 5. The first-order valence-corrected chi connectivity index (χ1v) is 15.5. The molecule has 0 radical (unpaired) electrons. The van der Waals surface area contributed by atoms with Crippen molar-refractivity contribution in [2.75, 3.05) is 6.54 Å². The van der Waals surface area contributed by atoms with Gasteiger partial charge in [0.2, 0.25) is 17.7 Å². The fourth-order valence-electron chi connectivity index (χ4n) is 5.73. The molecule has 0 spiro atoms. The van der Waals surface area contributed by atoms with Gasteiger partial charge in [0.05, 0.1) is 12.8 Å². The fraction of sp³-hybridized carbons (Fsp3) is 0.457. The van der Waals surface area contributed by atoms with Gasteiger partial charge in [-0.2, -0.15) is 0 Å². The number of nitrogens with zero attached hydrogens (tertiary/aromatic N) is 1. The first kappa shape index (κ1) is 31.9. The third-order valence-corrected chi connectivity index (χ3v) is 7.85. The Morgan fingerprint density at radius 1 is 0.977 bits per heavy atom. The molecule has 0 saturated carbocycles. The Hall–Kier alpha value is -4.07. The molecule has 3 aromatic rings. The smallest absolute Gasteiger partial charge is 0.245 e. The van der Waals surface area contributed by atoms with Crippen LogP contribution in [0.5, 0.6) is 11.5 Å². The van der Waals surface area contributed by atoms with E-state index in [0.29, 0.717) is 43.9 Å². The highest BCUT2D eigenvalue weighted by Crippen LogP contribution is 2.27. The SMILES string of the molecule is CCC[C@H](C(=O)NCc1ccco1)C(CC(C)C)C(=O)N[C@H]1CCCCN(Cc2cccc(Oc3ccccc3)c2)C1=O. The van der Waals surface area contributed by atoms with Crippen molar-refractivity contribution in [2.45, 2.75) is 78.4 Å². The average molecular weight is 588 g/mol. The third-order valence-electron chi connectivity index (χ3n) is 7.85. The summed E-state index contributed by atoms with van der Waals surface area (Å²) in [6, 6.07) is 20.3. The molecule has 1 fully saturated rings. The van der Waals surface area contributed by atoms with Crippen LogP contribution in [0.25, 0.3) is 0 Å². The molecular weight excluding hydrogens is 542 g/mol. The summed E-state index contributed by atoms with van der Waals surface area (Å²) in [7, 11) is 0. The maximum absolute atomic E-state index is 13.8.